The van der Waals surface area contributed by atoms with Gasteiger partial charge in [-0.3, -0.25) is 19.3 Å². The van der Waals surface area contributed by atoms with Crippen LogP contribution < -0.4 is 0 Å². The molecule has 0 saturated carbocycles. The largest absolute Gasteiger partial charge is 0.358 e. The number of imide groups is 1. The summed E-state index contributed by atoms with van der Waals surface area (Å²) in [5, 5.41) is 1.14. The number of nitrogens with zero attached hydrogens (tertiary/aromatic N) is 2. The Kier molecular flexibility index (Phi) is 3.25. The summed E-state index contributed by atoms with van der Waals surface area (Å²) in [6.07, 6.45) is 0.765. The van der Waals surface area contributed by atoms with E-state index in [2.05, 4.69) is 11.1 Å². The van der Waals surface area contributed by atoms with E-state index >= 15 is 0 Å². The zero-order chi connectivity index (χ0) is 18.7. The minimum absolute atomic E-state index is 0.122. The van der Waals surface area contributed by atoms with E-state index in [-0.39, 0.29) is 17.7 Å². The van der Waals surface area contributed by atoms with Crippen molar-refractivity contribution < 1.29 is 14.4 Å². The summed E-state index contributed by atoms with van der Waals surface area (Å²) < 4.78 is 0. The highest BCUT2D eigenvalue weighted by atomic mass is 16.2. The van der Waals surface area contributed by atoms with Gasteiger partial charge in [-0.25, -0.2) is 0 Å². The molecule has 1 N–H and O–H groups in total. The van der Waals surface area contributed by atoms with Crippen LogP contribution in [0.5, 0.6) is 0 Å². The highest BCUT2D eigenvalue weighted by molar-refractivity contribution is 6.21. The summed E-state index contributed by atoms with van der Waals surface area (Å²) >= 11 is 0. The molecule has 0 atom stereocenters. The average Bonchev–Trinajstić information content (AvgIpc) is 3.18. The van der Waals surface area contributed by atoms with Gasteiger partial charge in [-0.1, -0.05) is 18.2 Å². The van der Waals surface area contributed by atoms with Crippen LogP contribution in [0.1, 0.15) is 42.3 Å². The number of fused-ring (bicyclic) bond motifs is 4. The summed E-state index contributed by atoms with van der Waals surface area (Å²) in [5.74, 6) is -0.804. The van der Waals surface area contributed by atoms with Gasteiger partial charge in [0.25, 0.3) is 17.7 Å². The molecule has 2 aromatic carbocycles. The van der Waals surface area contributed by atoms with Crippen LogP contribution in [0.25, 0.3) is 10.9 Å². The monoisotopic (exact) mass is 359 g/mol. The lowest BCUT2D eigenvalue weighted by Crippen LogP contribution is -2.35. The van der Waals surface area contributed by atoms with Gasteiger partial charge < -0.3 is 9.88 Å². The Bertz CT molecular complexity index is 1140. The third kappa shape index (κ3) is 2.23. The fourth-order valence-corrected chi connectivity index (χ4v) is 4.02. The number of para-hydroxylation sites is 1. The van der Waals surface area contributed by atoms with Crippen LogP contribution in [0.4, 0.5) is 0 Å². The molecular formula is C21H17N3O3. The number of carbonyl (C=O) groups is 3. The van der Waals surface area contributed by atoms with Crippen molar-refractivity contribution in [1.82, 2.24) is 14.8 Å². The van der Waals surface area contributed by atoms with E-state index in [0.717, 1.165) is 27.8 Å². The van der Waals surface area contributed by atoms with Crippen LogP contribution in [0.15, 0.2) is 42.5 Å². The van der Waals surface area contributed by atoms with Crippen molar-refractivity contribution in [2.24, 2.45) is 0 Å². The Morgan fingerprint density at radius 1 is 1.04 bits per heavy atom. The molecule has 6 heteroatoms. The van der Waals surface area contributed by atoms with Gasteiger partial charge in [0.15, 0.2) is 0 Å². The van der Waals surface area contributed by atoms with E-state index in [1.54, 1.807) is 23.1 Å². The number of H-pyrrole nitrogens is 1. The van der Waals surface area contributed by atoms with Crippen molar-refractivity contribution in [2.45, 2.75) is 13.0 Å². The lowest BCUT2D eigenvalue weighted by atomic mass is 10.0. The Morgan fingerprint density at radius 3 is 2.67 bits per heavy atom. The lowest BCUT2D eigenvalue weighted by molar-refractivity contribution is 0.0692. The number of rotatable bonds is 1. The topological polar surface area (TPSA) is 73.5 Å². The maximum absolute atomic E-state index is 13.0. The fourth-order valence-electron chi connectivity index (χ4n) is 4.02. The number of aromatic nitrogens is 1. The number of amides is 3. The van der Waals surface area contributed by atoms with Gasteiger partial charge >= 0.3 is 0 Å². The lowest BCUT2D eigenvalue weighted by Gasteiger charge is -2.27. The Morgan fingerprint density at radius 2 is 1.81 bits per heavy atom. The predicted octanol–water partition coefficient (Wildman–Crippen LogP) is 2.59. The van der Waals surface area contributed by atoms with Crippen LogP contribution in [0.3, 0.4) is 0 Å². The molecule has 3 heterocycles. The summed E-state index contributed by atoms with van der Waals surface area (Å²) in [6.45, 7) is 1.14. The first-order valence-electron chi connectivity index (χ1n) is 8.89. The quantitative estimate of drug-likeness (QED) is 0.679. The molecular weight excluding hydrogens is 342 g/mol. The SMILES string of the molecule is CN1C(=O)c2ccc(C(=O)N3CCc4[nH]c5ccccc5c4C3)cc2C1=O. The van der Waals surface area contributed by atoms with Gasteiger partial charge in [0.05, 0.1) is 11.1 Å². The number of carbonyl (C=O) groups excluding carboxylic acids is 3. The molecule has 134 valence electrons. The first-order chi connectivity index (χ1) is 13.0. The Labute approximate surface area is 155 Å². The van der Waals surface area contributed by atoms with Crippen molar-refractivity contribution in [3.05, 3.63) is 70.4 Å². The Balaban J connectivity index is 1.48. The minimum atomic E-state index is -0.359. The number of hydrogen-bond donors (Lipinski definition) is 1. The smallest absolute Gasteiger partial charge is 0.261 e. The molecule has 0 radical (unpaired) electrons. The summed E-state index contributed by atoms with van der Waals surface area (Å²) in [7, 11) is 1.45. The summed E-state index contributed by atoms with van der Waals surface area (Å²) in [5.41, 5.74) is 4.51. The second-order valence-electron chi connectivity index (χ2n) is 7.03. The molecule has 6 nitrogen and oxygen atoms in total. The third-order valence-electron chi connectivity index (χ3n) is 5.51. The predicted molar refractivity (Wildman–Crippen MR) is 99.6 cm³/mol. The van der Waals surface area contributed by atoms with Crippen molar-refractivity contribution in [3.63, 3.8) is 0 Å². The molecule has 3 amide bonds. The van der Waals surface area contributed by atoms with E-state index in [0.29, 0.717) is 29.8 Å². The number of aromatic amines is 1. The molecule has 0 bridgehead atoms. The Hall–Kier alpha value is -3.41. The van der Waals surface area contributed by atoms with Gasteiger partial charge in [-0.2, -0.15) is 0 Å². The summed E-state index contributed by atoms with van der Waals surface area (Å²) in [4.78, 5) is 43.6. The molecule has 5 rings (SSSR count). The maximum atomic E-state index is 13.0. The molecule has 2 aliphatic heterocycles. The van der Waals surface area contributed by atoms with Gasteiger partial charge in [0, 0.05) is 54.3 Å². The van der Waals surface area contributed by atoms with E-state index in [4.69, 9.17) is 0 Å². The second kappa shape index (κ2) is 5.54. The third-order valence-corrected chi connectivity index (χ3v) is 5.51. The van der Waals surface area contributed by atoms with Crippen LogP contribution in [-0.2, 0) is 13.0 Å². The van der Waals surface area contributed by atoms with E-state index in [1.807, 2.05) is 18.2 Å². The van der Waals surface area contributed by atoms with Crippen molar-refractivity contribution in [1.29, 1.82) is 0 Å². The second-order valence-corrected chi connectivity index (χ2v) is 7.03. The van der Waals surface area contributed by atoms with Gasteiger partial charge in [-0.05, 0) is 24.3 Å². The van der Waals surface area contributed by atoms with Crippen molar-refractivity contribution >= 4 is 28.6 Å². The normalized spacial score (nSPS) is 16.0. The van der Waals surface area contributed by atoms with E-state index in [1.165, 1.54) is 12.7 Å². The average molecular weight is 359 g/mol. The van der Waals surface area contributed by atoms with Gasteiger partial charge in [0.2, 0.25) is 0 Å². The standard InChI is InChI=1S/C21H17N3O3/c1-23-20(26)14-7-6-12(10-15(14)21(23)27)19(25)24-9-8-18-16(11-24)13-4-2-3-5-17(13)22-18/h2-7,10,22H,8-9,11H2,1H3. The fraction of sp³-hybridized carbons (Fsp3) is 0.190. The molecule has 2 aliphatic rings. The molecule has 0 fully saturated rings. The van der Waals surface area contributed by atoms with E-state index < -0.39 is 0 Å². The van der Waals surface area contributed by atoms with Crippen LogP contribution in [0, 0.1) is 0 Å². The highest BCUT2D eigenvalue weighted by Crippen LogP contribution is 2.29. The molecule has 0 unspecified atom stereocenters. The summed E-state index contributed by atoms with van der Waals surface area (Å²) in [6, 6.07) is 12.9. The number of nitrogens with one attached hydrogen (secondary N) is 1. The van der Waals surface area contributed by atoms with Crippen LogP contribution in [0.2, 0.25) is 0 Å². The molecule has 27 heavy (non-hydrogen) atoms. The van der Waals surface area contributed by atoms with Gasteiger partial charge in [-0.15, -0.1) is 0 Å². The van der Waals surface area contributed by atoms with Crippen molar-refractivity contribution in [2.75, 3.05) is 13.6 Å². The maximum Gasteiger partial charge on any atom is 0.261 e. The molecule has 0 spiro atoms. The first-order valence-corrected chi connectivity index (χ1v) is 8.89. The molecule has 0 saturated heterocycles. The minimum Gasteiger partial charge on any atom is -0.358 e. The highest BCUT2D eigenvalue weighted by Gasteiger charge is 2.34. The van der Waals surface area contributed by atoms with Crippen LogP contribution >= 0.6 is 0 Å². The van der Waals surface area contributed by atoms with Crippen LogP contribution in [-0.4, -0.2) is 46.1 Å². The number of hydrogen-bond acceptors (Lipinski definition) is 3. The first kappa shape index (κ1) is 15.8. The zero-order valence-electron chi connectivity index (χ0n) is 14.8. The number of benzene rings is 2. The molecule has 1 aromatic heterocycles. The molecule has 3 aromatic rings. The zero-order valence-corrected chi connectivity index (χ0v) is 14.8. The molecule has 0 aliphatic carbocycles. The van der Waals surface area contributed by atoms with E-state index in [9.17, 15) is 14.4 Å². The van der Waals surface area contributed by atoms with Gasteiger partial charge in [0.1, 0.15) is 0 Å². The van der Waals surface area contributed by atoms with Crippen molar-refractivity contribution in [3.8, 4) is 0 Å².